The van der Waals surface area contributed by atoms with Crippen molar-refractivity contribution in [3.05, 3.63) is 59.8 Å². The van der Waals surface area contributed by atoms with Gasteiger partial charge < -0.3 is 4.90 Å². The molecule has 1 aliphatic rings. The van der Waals surface area contributed by atoms with E-state index < -0.39 is 0 Å². The van der Waals surface area contributed by atoms with Gasteiger partial charge in [0, 0.05) is 38.9 Å². The second kappa shape index (κ2) is 7.06. The summed E-state index contributed by atoms with van der Waals surface area (Å²) in [6, 6.07) is 16.6. The number of pyridine rings is 1. The van der Waals surface area contributed by atoms with Gasteiger partial charge in [-0.05, 0) is 23.3 Å². The molecule has 1 aliphatic heterocycles. The predicted molar refractivity (Wildman–Crippen MR) is 87.5 cm³/mol. The number of hydrogen-bond acceptors (Lipinski definition) is 4. The minimum Gasteiger partial charge on any atom is -0.354 e. The SMILES string of the molecule is N#CCc1ccc(CN2CCN(c3ccccn3)CC2)cc1. The highest BCUT2D eigenvalue weighted by Crippen LogP contribution is 2.14. The standard InChI is InChI=1S/C18H20N4/c19-9-8-16-4-6-17(7-5-16)15-21-11-13-22(14-12-21)18-3-1-2-10-20-18/h1-7,10H,8,11-15H2. The fraction of sp³-hybridized carbons (Fsp3) is 0.333. The summed E-state index contributed by atoms with van der Waals surface area (Å²) in [5.74, 6) is 1.07. The van der Waals surface area contributed by atoms with E-state index in [0.29, 0.717) is 6.42 Å². The molecule has 2 aromatic rings. The molecule has 3 rings (SSSR count). The maximum absolute atomic E-state index is 8.70. The minimum atomic E-state index is 0.489. The largest absolute Gasteiger partial charge is 0.354 e. The molecule has 0 unspecified atom stereocenters. The average molecular weight is 292 g/mol. The number of aromatic nitrogens is 1. The molecule has 4 nitrogen and oxygen atoms in total. The van der Waals surface area contributed by atoms with Crippen LogP contribution in [0, 0.1) is 11.3 Å². The smallest absolute Gasteiger partial charge is 0.128 e. The molecule has 0 bridgehead atoms. The molecule has 0 aliphatic carbocycles. The van der Waals surface area contributed by atoms with Crippen LogP contribution in [0.1, 0.15) is 11.1 Å². The first-order chi connectivity index (χ1) is 10.8. The van der Waals surface area contributed by atoms with Gasteiger partial charge in [0.15, 0.2) is 0 Å². The average Bonchev–Trinajstić information content (AvgIpc) is 2.58. The van der Waals surface area contributed by atoms with Crippen LogP contribution >= 0.6 is 0 Å². The van der Waals surface area contributed by atoms with Crippen LogP contribution in [0.3, 0.4) is 0 Å². The number of hydrogen-bond donors (Lipinski definition) is 0. The van der Waals surface area contributed by atoms with Crippen LogP contribution in [0.15, 0.2) is 48.7 Å². The summed E-state index contributed by atoms with van der Waals surface area (Å²) in [5, 5.41) is 8.70. The molecular weight excluding hydrogens is 272 g/mol. The molecule has 22 heavy (non-hydrogen) atoms. The zero-order valence-electron chi connectivity index (χ0n) is 12.7. The summed E-state index contributed by atoms with van der Waals surface area (Å²) >= 11 is 0. The number of benzene rings is 1. The summed E-state index contributed by atoms with van der Waals surface area (Å²) in [5.41, 5.74) is 2.40. The van der Waals surface area contributed by atoms with Gasteiger partial charge >= 0.3 is 0 Å². The molecule has 1 saturated heterocycles. The summed E-state index contributed by atoms with van der Waals surface area (Å²) < 4.78 is 0. The fourth-order valence-corrected chi connectivity index (χ4v) is 2.79. The molecule has 1 aromatic carbocycles. The Morgan fingerprint density at radius 2 is 1.68 bits per heavy atom. The Balaban J connectivity index is 1.52. The quantitative estimate of drug-likeness (QED) is 0.868. The summed E-state index contributed by atoms with van der Waals surface area (Å²) in [6.45, 7) is 5.11. The van der Waals surface area contributed by atoms with Crippen molar-refractivity contribution < 1.29 is 0 Å². The Labute approximate surface area is 131 Å². The van der Waals surface area contributed by atoms with Crippen molar-refractivity contribution in [2.45, 2.75) is 13.0 Å². The maximum atomic E-state index is 8.70. The molecule has 0 N–H and O–H groups in total. The zero-order chi connectivity index (χ0) is 15.2. The van der Waals surface area contributed by atoms with E-state index in [4.69, 9.17) is 5.26 Å². The normalized spacial score (nSPS) is 15.5. The topological polar surface area (TPSA) is 43.2 Å². The Kier molecular flexibility index (Phi) is 4.67. The second-order valence-electron chi connectivity index (χ2n) is 5.60. The van der Waals surface area contributed by atoms with Crippen LogP contribution in [-0.2, 0) is 13.0 Å². The molecular formula is C18H20N4. The second-order valence-corrected chi connectivity index (χ2v) is 5.60. The first kappa shape index (κ1) is 14.6. The van der Waals surface area contributed by atoms with Gasteiger partial charge in [-0.15, -0.1) is 0 Å². The predicted octanol–water partition coefficient (Wildman–Crippen LogP) is 2.47. The van der Waals surface area contributed by atoms with Crippen molar-refractivity contribution in [3.63, 3.8) is 0 Å². The van der Waals surface area contributed by atoms with E-state index in [2.05, 4.69) is 51.2 Å². The first-order valence-corrected chi connectivity index (χ1v) is 7.68. The van der Waals surface area contributed by atoms with Gasteiger partial charge in [-0.1, -0.05) is 30.3 Å². The highest BCUT2D eigenvalue weighted by molar-refractivity contribution is 5.38. The highest BCUT2D eigenvalue weighted by atomic mass is 15.3. The lowest BCUT2D eigenvalue weighted by molar-refractivity contribution is 0.249. The van der Waals surface area contributed by atoms with Crippen LogP contribution in [-0.4, -0.2) is 36.1 Å². The zero-order valence-corrected chi connectivity index (χ0v) is 12.7. The Bertz CT molecular complexity index is 622. The van der Waals surface area contributed by atoms with Crippen molar-refractivity contribution in [1.29, 1.82) is 5.26 Å². The van der Waals surface area contributed by atoms with Gasteiger partial charge in [-0.2, -0.15) is 5.26 Å². The molecule has 0 amide bonds. The van der Waals surface area contributed by atoms with E-state index in [9.17, 15) is 0 Å². The molecule has 0 radical (unpaired) electrons. The van der Waals surface area contributed by atoms with Crippen molar-refractivity contribution >= 4 is 5.82 Å². The highest BCUT2D eigenvalue weighted by Gasteiger charge is 2.17. The molecule has 4 heteroatoms. The van der Waals surface area contributed by atoms with Crippen LogP contribution in [0.2, 0.25) is 0 Å². The Morgan fingerprint density at radius 3 is 2.32 bits per heavy atom. The van der Waals surface area contributed by atoms with E-state index in [1.807, 2.05) is 18.3 Å². The van der Waals surface area contributed by atoms with Gasteiger partial charge in [0.2, 0.25) is 0 Å². The third-order valence-corrected chi connectivity index (χ3v) is 4.06. The third-order valence-electron chi connectivity index (χ3n) is 4.06. The van der Waals surface area contributed by atoms with Gasteiger partial charge in [0.05, 0.1) is 12.5 Å². The van der Waals surface area contributed by atoms with Gasteiger partial charge in [0.1, 0.15) is 5.82 Å². The number of piperazine rings is 1. The van der Waals surface area contributed by atoms with Crippen molar-refractivity contribution in [2.24, 2.45) is 0 Å². The Hall–Kier alpha value is -2.38. The summed E-state index contributed by atoms with van der Waals surface area (Å²) in [4.78, 5) is 9.23. The monoisotopic (exact) mass is 292 g/mol. The Morgan fingerprint density at radius 1 is 0.955 bits per heavy atom. The lowest BCUT2D eigenvalue weighted by Crippen LogP contribution is -2.46. The van der Waals surface area contributed by atoms with Crippen molar-refractivity contribution in [1.82, 2.24) is 9.88 Å². The number of nitrogens with zero attached hydrogens (tertiary/aromatic N) is 4. The molecule has 112 valence electrons. The van der Waals surface area contributed by atoms with E-state index in [0.717, 1.165) is 44.1 Å². The van der Waals surface area contributed by atoms with Crippen LogP contribution in [0.5, 0.6) is 0 Å². The lowest BCUT2D eigenvalue weighted by Gasteiger charge is -2.35. The van der Waals surface area contributed by atoms with E-state index in [1.165, 1.54) is 5.56 Å². The third kappa shape index (κ3) is 3.63. The fourth-order valence-electron chi connectivity index (χ4n) is 2.79. The number of nitriles is 1. The van der Waals surface area contributed by atoms with E-state index in [1.54, 1.807) is 0 Å². The summed E-state index contributed by atoms with van der Waals surface area (Å²) in [7, 11) is 0. The first-order valence-electron chi connectivity index (χ1n) is 7.68. The molecule has 1 aromatic heterocycles. The number of anilines is 1. The van der Waals surface area contributed by atoms with E-state index >= 15 is 0 Å². The molecule has 0 saturated carbocycles. The van der Waals surface area contributed by atoms with Crippen molar-refractivity contribution in [3.8, 4) is 6.07 Å². The van der Waals surface area contributed by atoms with Gasteiger partial charge in [-0.3, -0.25) is 4.90 Å². The van der Waals surface area contributed by atoms with Gasteiger partial charge in [0.25, 0.3) is 0 Å². The van der Waals surface area contributed by atoms with Crippen LogP contribution in [0.25, 0.3) is 0 Å². The minimum absolute atomic E-state index is 0.489. The van der Waals surface area contributed by atoms with E-state index in [-0.39, 0.29) is 0 Å². The van der Waals surface area contributed by atoms with Crippen LogP contribution in [0.4, 0.5) is 5.82 Å². The van der Waals surface area contributed by atoms with Crippen molar-refractivity contribution in [2.75, 3.05) is 31.1 Å². The lowest BCUT2D eigenvalue weighted by atomic mass is 10.1. The summed E-state index contributed by atoms with van der Waals surface area (Å²) in [6.07, 6.45) is 2.34. The van der Waals surface area contributed by atoms with Gasteiger partial charge in [-0.25, -0.2) is 4.98 Å². The molecule has 0 spiro atoms. The molecule has 0 atom stereocenters. The van der Waals surface area contributed by atoms with Crippen LogP contribution < -0.4 is 4.90 Å². The number of rotatable bonds is 4. The maximum Gasteiger partial charge on any atom is 0.128 e. The molecule has 1 fully saturated rings. The molecule has 2 heterocycles.